The lowest BCUT2D eigenvalue weighted by Gasteiger charge is -2.09. The lowest BCUT2D eigenvalue weighted by atomic mass is 10.2. The number of nitrogens with zero attached hydrogens (tertiary/aromatic N) is 1. The zero-order valence-corrected chi connectivity index (χ0v) is 10.2. The molecule has 0 saturated carbocycles. The Labute approximate surface area is 108 Å². The number of aliphatic imine (C=N–C) groups is 1. The highest BCUT2D eigenvalue weighted by Gasteiger charge is 2.26. The predicted molar refractivity (Wildman–Crippen MR) is 66.2 cm³/mol. The van der Waals surface area contributed by atoms with Crippen LogP contribution in [-0.2, 0) is 14.3 Å². The van der Waals surface area contributed by atoms with Crippen LogP contribution in [0.3, 0.4) is 0 Å². The van der Waals surface area contributed by atoms with Gasteiger partial charge in [0.2, 0.25) is 0 Å². The Kier molecular flexibility index (Phi) is 4.82. The fourth-order valence-electron chi connectivity index (χ4n) is 1.14. The zero-order valence-electron chi connectivity index (χ0n) is 9.46. The van der Waals surface area contributed by atoms with Gasteiger partial charge in [-0.25, -0.2) is 9.79 Å². The average molecular weight is 271 g/mol. The van der Waals surface area contributed by atoms with Crippen LogP contribution in [0.1, 0.15) is 0 Å². The molecule has 1 unspecified atom stereocenters. The molecule has 1 aromatic rings. The van der Waals surface area contributed by atoms with E-state index >= 15 is 0 Å². The van der Waals surface area contributed by atoms with E-state index < -0.39 is 23.7 Å². The minimum atomic E-state index is -1.58. The lowest BCUT2D eigenvalue weighted by Crippen LogP contribution is -2.43. The largest absolute Gasteiger partial charge is 0.480 e. The van der Waals surface area contributed by atoms with Gasteiger partial charge >= 0.3 is 11.9 Å². The summed E-state index contributed by atoms with van der Waals surface area (Å²) in [5.41, 5.74) is 5.19. The molecule has 96 valence electrons. The molecule has 0 heterocycles. The Hall–Kier alpha value is -1.92. The summed E-state index contributed by atoms with van der Waals surface area (Å²) in [4.78, 5) is 26.1. The molecule has 0 fully saturated rings. The molecule has 0 aliphatic rings. The summed E-state index contributed by atoms with van der Waals surface area (Å²) < 4.78 is 4.44. The molecule has 0 saturated heterocycles. The second kappa shape index (κ2) is 6.13. The quantitative estimate of drug-likeness (QED) is 0.628. The molecular weight excluding hydrogens is 260 g/mol. The number of nitrogens with two attached hydrogens (primary N) is 1. The Balaban J connectivity index is 3.23. The monoisotopic (exact) mass is 270 g/mol. The summed E-state index contributed by atoms with van der Waals surface area (Å²) in [6.07, 6.45) is 0. The first kappa shape index (κ1) is 14.1. The van der Waals surface area contributed by atoms with Crippen molar-refractivity contribution in [3.8, 4) is 0 Å². The van der Waals surface area contributed by atoms with Gasteiger partial charge < -0.3 is 15.6 Å². The number of rotatable bonds is 4. The van der Waals surface area contributed by atoms with E-state index in [-0.39, 0.29) is 10.7 Å². The molecule has 7 heteroatoms. The van der Waals surface area contributed by atoms with Crippen molar-refractivity contribution in [2.75, 3.05) is 7.11 Å². The van der Waals surface area contributed by atoms with E-state index in [2.05, 4.69) is 9.73 Å². The number of carbonyl (C=O) groups excluding carboxylic acids is 1. The molecular formula is C11H11ClN2O4. The van der Waals surface area contributed by atoms with E-state index in [9.17, 15) is 9.59 Å². The maximum Gasteiger partial charge on any atom is 0.354 e. The first-order chi connectivity index (χ1) is 8.47. The highest BCUT2D eigenvalue weighted by atomic mass is 35.5. The molecule has 0 aliphatic carbocycles. The van der Waals surface area contributed by atoms with Crippen LogP contribution in [0, 0.1) is 0 Å². The number of benzene rings is 1. The summed E-state index contributed by atoms with van der Waals surface area (Å²) >= 11 is 5.85. The summed E-state index contributed by atoms with van der Waals surface area (Å²) in [5.74, 6) is -2.30. The molecule has 0 aromatic heterocycles. The second-order valence-corrected chi connectivity index (χ2v) is 3.66. The topological polar surface area (TPSA) is 102 Å². The van der Waals surface area contributed by atoms with E-state index in [1.165, 1.54) is 6.07 Å². The molecule has 1 atom stereocenters. The number of halogens is 1. The van der Waals surface area contributed by atoms with Crippen LogP contribution < -0.4 is 5.73 Å². The molecule has 0 spiro atoms. The van der Waals surface area contributed by atoms with Gasteiger partial charge in [0.25, 0.3) is 0 Å². The molecule has 0 bridgehead atoms. The van der Waals surface area contributed by atoms with E-state index in [0.29, 0.717) is 0 Å². The SMILES string of the molecule is COC(=O)C(=Nc1ccccc1Cl)C(N)C(=O)O. The highest BCUT2D eigenvalue weighted by Crippen LogP contribution is 2.24. The fourth-order valence-corrected chi connectivity index (χ4v) is 1.31. The first-order valence-corrected chi connectivity index (χ1v) is 5.25. The van der Waals surface area contributed by atoms with E-state index in [4.69, 9.17) is 22.4 Å². The molecule has 0 amide bonds. The summed E-state index contributed by atoms with van der Waals surface area (Å²) in [6.45, 7) is 0. The van der Waals surface area contributed by atoms with E-state index in [1.54, 1.807) is 18.2 Å². The zero-order chi connectivity index (χ0) is 13.7. The van der Waals surface area contributed by atoms with Crippen molar-refractivity contribution in [1.29, 1.82) is 0 Å². The lowest BCUT2D eigenvalue weighted by molar-refractivity contribution is -0.139. The number of aliphatic carboxylic acids is 1. The fraction of sp³-hybridized carbons (Fsp3) is 0.182. The van der Waals surface area contributed by atoms with Gasteiger partial charge in [0, 0.05) is 0 Å². The molecule has 0 aliphatic heterocycles. The van der Waals surface area contributed by atoms with Crippen molar-refractivity contribution in [2.45, 2.75) is 6.04 Å². The number of hydrogen-bond acceptors (Lipinski definition) is 5. The Bertz CT molecular complexity index is 502. The number of carboxylic acid groups (broad SMARTS) is 1. The number of para-hydroxylation sites is 1. The molecule has 0 radical (unpaired) electrons. The maximum atomic E-state index is 11.4. The van der Waals surface area contributed by atoms with Gasteiger partial charge in [-0.1, -0.05) is 23.7 Å². The van der Waals surface area contributed by atoms with Crippen LogP contribution in [-0.4, -0.2) is 35.9 Å². The Morgan fingerprint density at radius 1 is 1.44 bits per heavy atom. The van der Waals surface area contributed by atoms with Crippen molar-refractivity contribution >= 4 is 34.9 Å². The second-order valence-electron chi connectivity index (χ2n) is 3.26. The third-order valence-corrected chi connectivity index (χ3v) is 2.37. The van der Waals surface area contributed by atoms with Crippen molar-refractivity contribution in [3.05, 3.63) is 29.3 Å². The Morgan fingerprint density at radius 2 is 2.06 bits per heavy atom. The summed E-state index contributed by atoms with van der Waals surface area (Å²) in [5, 5.41) is 9.07. The maximum absolute atomic E-state index is 11.4. The van der Waals surface area contributed by atoms with Gasteiger partial charge in [0.15, 0.2) is 11.8 Å². The van der Waals surface area contributed by atoms with Crippen LogP contribution in [0.2, 0.25) is 5.02 Å². The van der Waals surface area contributed by atoms with Gasteiger partial charge in [-0.05, 0) is 12.1 Å². The molecule has 6 nitrogen and oxygen atoms in total. The van der Waals surface area contributed by atoms with Crippen molar-refractivity contribution in [2.24, 2.45) is 10.7 Å². The number of methoxy groups -OCH3 is 1. The van der Waals surface area contributed by atoms with Crippen LogP contribution in [0.5, 0.6) is 0 Å². The van der Waals surface area contributed by atoms with Crippen molar-refractivity contribution < 1.29 is 19.4 Å². The number of carboxylic acids is 1. The van der Waals surface area contributed by atoms with Crippen LogP contribution >= 0.6 is 11.6 Å². The minimum Gasteiger partial charge on any atom is -0.480 e. The predicted octanol–water partition coefficient (Wildman–Crippen LogP) is 0.997. The van der Waals surface area contributed by atoms with E-state index in [0.717, 1.165) is 7.11 Å². The number of ether oxygens (including phenoxy) is 1. The van der Waals surface area contributed by atoms with Gasteiger partial charge in [-0.3, -0.25) is 4.79 Å². The van der Waals surface area contributed by atoms with Crippen LogP contribution in [0.25, 0.3) is 0 Å². The molecule has 3 N–H and O–H groups in total. The molecule has 1 rings (SSSR count). The smallest absolute Gasteiger partial charge is 0.354 e. The normalized spacial score (nSPS) is 12.9. The van der Waals surface area contributed by atoms with Crippen molar-refractivity contribution in [1.82, 2.24) is 0 Å². The average Bonchev–Trinajstić information content (AvgIpc) is 2.36. The standard InChI is InChI=1S/C11H11ClN2O4/c1-18-11(17)9(8(13)10(15)16)14-7-5-3-2-4-6(7)12/h2-5,8H,13H2,1H3,(H,15,16). The number of esters is 1. The third kappa shape index (κ3) is 3.28. The third-order valence-electron chi connectivity index (χ3n) is 2.05. The summed E-state index contributed by atoms with van der Waals surface area (Å²) in [7, 11) is 1.11. The number of hydrogen-bond donors (Lipinski definition) is 2. The van der Waals surface area contributed by atoms with E-state index in [1.807, 2.05) is 0 Å². The number of carbonyl (C=O) groups is 2. The van der Waals surface area contributed by atoms with Crippen molar-refractivity contribution in [3.63, 3.8) is 0 Å². The van der Waals surface area contributed by atoms with Gasteiger partial charge in [0.05, 0.1) is 17.8 Å². The van der Waals surface area contributed by atoms with Crippen LogP contribution in [0.4, 0.5) is 5.69 Å². The molecule has 1 aromatic carbocycles. The minimum absolute atomic E-state index is 0.247. The first-order valence-electron chi connectivity index (χ1n) is 4.87. The van der Waals surface area contributed by atoms with Crippen LogP contribution in [0.15, 0.2) is 29.3 Å². The Morgan fingerprint density at radius 3 is 2.56 bits per heavy atom. The molecule has 18 heavy (non-hydrogen) atoms. The van der Waals surface area contributed by atoms with Gasteiger partial charge in [-0.2, -0.15) is 0 Å². The van der Waals surface area contributed by atoms with Gasteiger partial charge in [-0.15, -0.1) is 0 Å². The summed E-state index contributed by atoms with van der Waals surface area (Å²) in [6, 6.07) is 4.83. The van der Waals surface area contributed by atoms with Gasteiger partial charge in [0.1, 0.15) is 0 Å². The highest BCUT2D eigenvalue weighted by molar-refractivity contribution is 6.43.